The van der Waals surface area contributed by atoms with Crippen LogP contribution in [0.5, 0.6) is 0 Å². The number of rotatable bonds is 5. The van der Waals surface area contributed by atoms with Crippen LogP contribution in [0.4, 0.5) is 0 Å². The molecule has 0 aromatic carbocycles. The van der Waals surface area contributed by atoms with Crippen molar-refractivity contribution in [3.63, 3.8) is 0 Å². The van der Waals surface area contributed by atoms with E-state index in [2.05, 4.69) is 4.72 Å². The van der Waals surface area contributed by atoms with Gasteiger partial charge in [0, 0.05) is 12.6 Å². The number of nitrogens with zero attached hydrogens (tertiary/aromatic N) is 1. The van der Waals surface area contributed by atoms with Gasteiger partial charge in [0.2, 0.25) is 0 Å². The fraction of sp³-hybridized carbons (Fsp3) is 0.900. The van der Waals surface area contributed by atoms with Crippen LogP contribution in [0.15, 0.2) is 0 Å². The van der Waals surface area contributed by atoms with Crippen LogP contribution in [0.25, 0.3) is 0 Å². The first-order valence-electron chi connectivity index (χ1n) is 5.96. The SMILES string of the molecule is CCC1(C(=O)O)CCCN1S(=O)(=O)NC1CC1. The fourth-order valence-corrected chi connectivity index (χ4v) is 4.31. The Labute approximate surface area is 101 Å². The Balaban J connectivity index is 2.26. The molecule has 0 radical (unpaired) electrons. The summed E-state index contributed by atoms with van der Waals surface area (Å²) in [6.45, 7) is 2.02. The van der Waals surface area contributed by atoms with Gasteiger partial charge in [-0.05, 0) is 32.1 Å². The van der Waals surface area contributed by atoms with E-state index in [4.69, 9.17) is 0 Å². The molecule has 17 heavy (non-hydrogen) atoms. The van der Waals surface area contributed by atoms with Gasteiger partial charge in [-0.15, -0.1) is 0 Å². The van der Waals surface area contributed by atoms with Crippen molar-refractivity contribution in [3.05, 3.63) is 0 Å². The minimum atomic E-state index is -3.66. The zero-order valence-corrected chi connectivity index (χ0v) is 10.7. The second-order valence-corrected chi connectivity index (χ2v) is 6.39. The molecule has 0 aromatic rings. The van der Waals surface area contributed by atoms with Crippen molar-refractivity contribution in [3.8, 4) is 0 Å². The van der Waals surface area contributed by atoms with E-state index < -0.39 is 21.7 Å². The van der Waals surface area contributed by atoms with Gasteiger partial charge in [0.15, 0.2) is 0 Å². The minimum Gasteiger partial charge on any atom is -0.480 e. The summed E-state index contributed by atoms with van der Waals surface area (Å²) in [7, 11) is -3.66. The smallest absolute Gasteiger partial charge is 0.325 e. The third kappa shape index (κ3) is 2.19. The molecule has 0 aromatic heterocycles. The molecule has 0 bridgehead atoms. The normalized spacial score (nSPS) is 30.6. The van der Waals surface area contributed by atoms with Crippen LogP contribution in [0, 0.1) is 0 Å². The summed E-state index contributed by atoms with van der Waals surface area (Å²) >= 11 is 0. The second kappa shape index (κ2) is 4.22. The highest BCUT2D eigenvalue weighted by Crippen LogP contribution is 2.35. The van der Waals surface area contributed by atoms with Crippen molar-refractivity contribution in [2.75, 3.05) is 6.54 Å². The van der Waals surface area contributed by atoms with Crippen LogP contribution < -0.4 is 4.72 Å². The molecule has 1 aliphatic heterocycles. The van der Waals surface area contributed by atoms with E-state index in [1.807, 2.05) is 0 Å². The summed E-state index contributed by atoms with van der Waals surface area (Å²) in [5, 5.41) is 9.31. The predicted molar refractivity (Wildman–Crippen MR) is 61.7 cm³/mol. The maximum absolute atomic E-state index is 12.1. The maximum atomic E-state index is 12.1. The zero-order chi connectivity index (χ0) is 12.7. The van der Waals surface area contributed by atoms with Crippen molar-refractivity contribution in [2.45, 2.75) is 50.6 Å². The van der Waals surface area contributed by atoms with Gasteiger partial charge in [-0.1, -0.05) is 6.92 Å². The number of nitrogens with one attached hydrogen (secondary N) is 1. The van der Waals surface area contributed by atoms with E-state index in [1.165, 1.54) is 0 Å². The molecule has 1 saturated carbocycles. The molecule has 1 unspecified atom stereocenters. The van der Waals surface area contributed by atoms with E-state index in [-0.39, 0.29) is 6.04 Å². The van der Waals surface area contributed by atoms with Crippen LogP contribution in [-0.2, 0) is 15.0 Å². The fourth-order valence-electron chi connectivity index (χ4n) is 2.40. The largest absolute Gasteiger partial charge is 0.480 e. The van der Waals surface area contributed by atoms with Gasteiger partial charge in [-0.3, -0.25) is 4.79 Å². The van der Waals surface area contributed by atoms with E-state index in [0.29, 0.717) is 25.8 Å². The molecular weight excluding hydrogens is 244 g/mol. The number of aliphatic carboxylic acids is 1. The number of carbonyl (C=O) groups is 1. The Morgan fingerprint density at radius 2 is 2.18 bits per heavy atom. The monoisotopic (exact) mass is 262 g/mol. The highest BCUT2D eigenvalue weighted by atomic mass is 32.2. The Bertz CT molecular complexity index is 418. The van der Waals surface area contributed by atoms with Crippen LogP contribution in [0.1, 0.15) is 39.0 Å². The van der Waals surface area contributed by atoms with Crippen LogP contribution in [-0.4, -0.2) is 41.9 Å². The van der Waals surface area contributed by atoms with Gasteiger partial charge in [0.25, 0.3) is 10.2 Å². The third-order valence-corrected chi connectivity index (χ3v) is 5.34. The Morgan fingerprint density at radius 3 is 2.65 bits per heavy atom. The Morgan fingerprint density at radius 1 is 1.53 bits per heavy atom. The average molecular weight is 262 g/mol. The number of carboxylic acids is 1. The molecule has 7 heteroatoms. The summed E-state index contributed by atoms with van der Waals surface area (Å²) in [6, 6.07) is 0.00366. The molecule has 2 aliphatic rings. The van der Waals surface area contributed by atoms with Crippen molar-refractivity contribution >= 4 is 16.2 Å². The van der Waals surface area contributed by atoms with Crippen LogP contribution in [0.2, 0.25) is 0 Å². The average Bonchev–Trinajstić information content (AvgIpc) is 2.93. The van der Waals surface area contributed by atoms with Crippen molar-refractivity contribution in [1.29, 1.82) is 0 Å². The summed E-state index contributed by atoms with van der Waals surface area (Å²) in [4.78, 5) is 11.4. The van der Waals surface area contributed by atoms with Crippen molar-refractivity contribution in [1.82, 2.24) is 9.03 Å². The molecule has 1 atom stereocenters. The molecular formula is C10H18N2O4S. The van der Waals surface area contributed by atoms with E-state index >= 15 is 0 Å². The molecule has 6 nitrogen and oxygen atoms in total. The number of hydrogen-bond donors (Lipinski definition) is 2. The summed E-state index contributed by atoms with van der Waals surface area (Å²) in [6.07, 6.45) is 2.99. The van der Waals surface area contributed by atoms with Crippen molar-refractivity contribution < 1.29 is 18.3 Å². The molecule has 2 fully saturated rings. The van der Waals surface area contributed by atoms with Gasteiger partial charge >= 0.3 is 5.97 Å². The highest BCUT2D eigenvalue weighted by Gasteiger charge is 2.52. The molecule has 98 valence electrons. The summed E-state index contributed by atoms with van der Waals surface area (Å²) in [5.41, 5.74) is -1.25. The van der Waals surface area contributed by atoms with Crippen LogP contribution >= 0.6 is 0 Å². The second-order valence-electron chi connectivity index (χ2n) is 4.76. The standard InChI is InChI=1S/C10H18N2O4S/c1-2-10(9(13)14)6-3-7-12(10)17(15,16)11-8-4-5-8/h8,11H,2-7H2,1H3,(H,13,14). The minimum absolute atomic E-state index is 0.00366. The van der Waals surface area contributed by atoms with E-state index in [9.17, 15) is 18.3 Å². The van der Waals surface area contributed by atoms with Gasteiger partial charge in [0.1, 0.15) is 5.54 Å². The first kappa shape index (κ1) is 12.8. The lowest BCUT2D eigenvalue weighted by Crippen LogP contribution is -2.56. The molecule has 2 N–H and O–H groups in total. The van der Waals surface area contributed by atoms with Gasteiger partial charge in [-0.2, -0.15) is 17.4 Å². The maximum Gasteiger partial charge on any atom is 0.325 e. The van der Waals surface area contributed by atoms with E-state index in [1.54, 1.807) is 6.92 Å². The highest BCUT2D eigenvalue weighted by molar-refractivity contribution is 7.87. The first-order valence-corrected chi connectivity index (χ1v) is 7.40. The lowest BCUT2D eigenvalue weighted by molar-refractivity contribution is -0.147. The Hall–Kier alpha value is -0.660. The summed E-state index contributed by atoms with van der Waals surface area (Å²) in [5.74, 6) is -1.04. The third-order valence-electron chi connectivity index (χ3n) is 3.60. The molecule has 0 amide bonds. The lowest BCUT2D eigenvalue weighted by Gasteiger charge is -2.32. The summed E-state index contributed by atoms with van der Waals surface area (Å²) < 4.78 is 27.9. The molecule has 0 spiro atoms. The molecule has 1 aliphatic carbocycles. The van der Waals surface area contributed by atoms with Crippen LogP contribution in [0.3, 0.4) is 0 Å². The first-order chi connectivity index (χ1) is 7.92. The quantitative estimate of drug-likeness (QED) is 0.746. The molecule has 2 rings (SSSR count). The van der Waals surface area contributed by atoms with Gasteiger partial charge < -0.3 is 5.11 Å². The molecule has 1 saturated heterocycles. The number of carboxylic acid groups (broad SMARTS) is 1. The van der Waals surface area contributed by atoms with Gasteiger partial charge in [-0.25, -0.2) is 0 Å². The predicted octanol–water partition coefficient (Wildman–Crippen LogP) is 0.312. The molecule has 1 heterocycles. The van der Waals surface area contributed by atoms with E-state index in [0.717, 1.165) is 17.1 Å². The van der Waals surface area contributed by atoms with Gasteiger partial charge in [0.05, 0.1) is 0 Å². The number of hydrogen-bond acceptors (Lipinski definition) is 3. The lowest BCUT2D eigenvalue weighted by atomic mass is 9.95. The Kier molecular flexibility index (Phi) is 3.17. The zero-order valence-electron chi connectivity index (χ0n) is 9.85. The topological polar surface area (TPSA) is 86.7 Å². The van der Waals surface area contributed by atoms with Crippen molar-refractivity contribution in [2.24, 2.45) is 0 Å².